The van der Waals surface area contributed by atoms with Gasteiger partial charge in [0, 0.05) is 18.2 Å². The van der Waals surface area contributed by atoms with Gasteiger partial charge in [-0.15, -0.1) is 12.4 Å². The summed E-state index contributed by atoms with van der Waals surface area (Å²) in [4.78, 5) is 11.9. The van der Waals surface area contributed by atoms with Gasteiger partial charge in [-0.3, -0.25) is 4.79 Å². The molecule has 5 nitrogen and oxygen atoms in total. The van der Waals surface area contributed by atoms with Crippen LogP contribution in [0.15, 0.2) is 30.1 Å². The Balaban J connectivity index is 0.00000220. The average Bonchev–Trinajstić information content (AvgIpc) is 2.38. The lowest BCUT2D eigenvalue weighted by Gasteiger charge is -2.33. The van der Waals surface area contributed by atoms with Gasteiger partial charge in [0.2, 0.25) is 0 Å². The fourth-order valence-electron chi connectivity index (χ4n) is 1.82. The average molecular weight is 317 g/mol. The molecule has 0 bridgehead atoms. The zero-order chi connectivity index (χ0) is 14.8. The summed E-state index contributed by atoms with van der Waals surface area (Å²) in [5.41, 5.74) is 5.36. The van der Waals surface area contributed by atoms with E-state index >= 15 is 0 Å². The number of hydrogen-bond donors (Lipinski definition) is 2. The van der Waals surface area contributed by atoms with Crippen LogP contribution in [-0.4, -0.2) is 24.8 Å². The fourth-order valence-corrected chi connectivity index (χ4v) is 1.82. The minimum Gasteiger partial charge on any atom is -0.489 e. The summed E-state index contributed by atoms with van der Waals surface area (Å²) < 4.78 is 23.5. The van der Waals surface area contributed by atoms with Crippen LogP contribution in [0.3, 0.4) is 0 Å². The Kier molecular flexibility index (Phi) is 5.57. The molecule has 0 saturated heterocycles. The molecule has 0 aromatic heterocycles. The molecule has 0 atom stereocenters. The molecule has 0 fully saturated rings. The second-order valence-electron chi connectivity index (χ2n) is 4.98. The summed E-state index contributed by atoms with van der Waals surface area (Å²) >= 11 is 0. The monoisotopic (exact) mass is 316 g/mol. The molecule has 1 aromatic carbocycles. The van der Waals surface area contributed by atoms with Crippen molar-refractivity contribution in [2.75, 3.05) is 13.2 Å². The van der Waals surface area contributed by atoms with Gasteiger partial charge in [0.25, 0.3) is 5.91 Å². The Morgan fingerprint density at radius 2 is 2.24 bits per heavy atom. The normalized spacial score (nSPS) is 16.2. The van der Waals surface area contributed by atoms with E-state index in [1.165, 1.54) is 0 Å². The van der Waals surface area contributed by atoms with Crippen molar-refractivity contribution in [3.63, 3.8) is 0 Å². The van der Waals surface area contributed by atoms with Crippen molar-refractivity contribution in [3.05, 3.63) is 35.7 Å². The highest BCUT2D eigenvalue weighted by molar-refractivity contribution is 5.98. The third-order valence-corrected chi connectivity index (χ3v) is 2.82. The van der Waals surface area contributed by atoms with Crippen LogP contribution in [0.25, 0.3) is 0 Å². The Morgan fingerprint density at radius 3 is 2.86 bits per heavy atom. The predicted molar refractivity (Wildman–Crippen MR) is 79.6 cm³/mol. The molecule has 1 aromatic rings. The standard InChI is InChI=1S/C14H17FN2O3.ClH/c1-14(2)17-13(18)11-4-3-10(5-12(11)20-14)19-8-9(6-15)7-16;/h3-6H,7-8,16H2,1-2H3,(H,17,18);1H/b9-6+;. The fraction of sp³-hybridized carbons (Fsp3) is 0.357. The SMILES string of the molecule is CC1(C)NC(=O)c2ccc(OC/C(=C/F)CN)cc2O1.Cl. The van der Waals surface area contributed by atoms with Crippen molar-refractivity contribution >= 4 is 18.3 Å². The molecule has 116 valence electrons. The highest BCUT2D eigenvalue weighted by atomic mass is 35.5. The molecule has 1 heterocycles. The van der Waals surface area contributed by atoms with Gasteiger partial charge in [0.1, 0.15) is 18.1 Å². The number of carbonyl (C=O) groups excluding carboxylic acids is 1. The summed E-state index contributed by atoms with van der Waals surface area (Å²) in [6, 6.07) is 4.85. The van der Waals surface area contributed by atoms with Gasteiger partial charge in [-0.25, -0.2) is 4.39 Å². The number of amides is 1. The van der Waals surface area contributed by atoms with E-state index < -0.39 is 5.72 Å². The number of benzene rings is 1. The topological polar surface area (TPSA) is 73.6 Å². The number of nitrogens with two attached hydrogens (primary N) is 1. The Morgan fingerprint density at radius 1 is 1.52 bits per heavy atom. The first-order valence-electron chi connectivity index (χ1n) is 6.22. The number of fused-ring (bicyclic) bond motifs is 1. The van der Waals surface area contributed by atoms with Crippen molar-refractivity contribution in [3.8, 4) is 11.5 Å². The van der Waals surface area contributed by atoms with Crippen LogP contribution in [0, 0.1) is 0 Å². The Bertz CT molecular complexity index is 561. The summed E-state index contributed by atoms with van der Waals surface area (Å²) in [7, 11) is 0. The summed E-state index contributed by atoms with van der Waals surface area (Å²) in [5.74, 6) is 0.728. The maximum Gasteiger partial charge on any atom is 0.258 e. The van der Waals surface area contributed by atoms with E-state index in [9.17, 15) is 9.18 Å². The van der Waals surface area contributed by atoms with Gasteiger partial charge in [-0.05, 0) is 26.0 Å². The van der Waals surface area contributed by atoms with E-state index in [4.69, 9.17) is 15.2 Å². The lowest BCUT2D eigenvalue weighted by atomic mass is 10.1. The van der Waals surface area contributed by atoms with Crippen LogP contribution in [0.5, 0.6) is 11.5 Å². The highest BCUT2D eigenvalue weighted by Gasteiger charge is 2.31. The van der Waals surface area contributed by atoms with Crippen molar-refractivity contribution in [2.45, 2.75) is 19.6 Å². The molecule has 21 heavy (non-hydrogen) atoms. The highest BCUT2D eigenvalue weighted by Crippen LogP contribution is 2.31. The van der Waals surface area contributed by atoms with Gasteiger partial charge < -0.3 is 20.5 Å². The van der Waals surface area contributed by atoms with Crippen LogP contribution in [0.2, 0.25) is 0 Å². The number of ether oxygens (including phenoxy) is 2. The Labute approximate surface area is 128 Å². The second-order valence-corrected chi connectivity index (χ2v) is 4.98. The van der Waals surface area contributed by atoms with Crippen molar-refractivity contribution in [1.29, 1.82) is 0 Å². The maximum atomic E-state index is 12.4. The number of rotatable bonds is 4. The molecule has 1 aliphatic heterocycles. The van der Waals surface area contributed by atoms with Crippen LogP contribution >= 0.6 is 12.4 Å². The summed E-state index contributed by atoms with van der Waals surface area (Å²) in [5, 5.41) is 2.72. The number of nitrogens with one attached hydrogen (secondary N) is 1. The molecule has 3 N–H and O–H groups in total. The lowest BCUT2D eigenvalue weighted by molar-refractivity contribution is 0.0431. The van der Waals surface area contributed by atoms with E-state index in [2.05, 4.69) is 5.32 Å². The smallest absolute Gasteiger partial charge is 0.258 e. The van der Waals surface area contributed by atoms with Gasteiger partial charge in [-0.2, -0.15) is 0 Å². The van der Waals surface area contributed by atoms with E-state index in [1.54, 1.807) is 32.0 Å². The number of hydrogen-bond acceptors (Lipinski definition) is 4. The first-order valence-corrected chi connectivity index (χ1v) is 6.22. The van der Waals surface area contributed by atoms with Crippen LogP contribution in [-0.2, 0) is 0 Å². The third kappa shape index (κ3) is 4.09. The molecule has 0 unspecified atom stereocenters. The minimum atomic E-state index is -0.774. The Hall–Kier alpha value is -1.79. The van der Waals surface area contributed by atoms with Crippen LogP contribution < -0.4 is 20.5 Å². The minimum absolute atomic E-state index is 0. The molecule has 0 radical (unpaired) electrons. The predicted octanol–water partition coefficient (Wildman–Crippen LogP) is 2.16. The summed E-state index contributed by atoms with van der Waals surface area (Å²) in [6.45, 7) is 3.65. The van der Waals surface area contributed by atoms with Gasteiger partial charge >= 0.3 is 0 Å². The summed E-state index contributed by atoms with van der Waals surface area (Å²) in [6.07, 6.45) is 0.436. The van der Waals surface area contributed by atoms with Crippen LogP contribution in [0.1, 0.15) is 24.2 Å². The maximum absolute atomic E-state index is 12.4. The van der Waals surface area contributed by atoms with E-state index in [-0.39, 0.29) is 31.5 Å². The number of carbonyl (C=O) groups is 1. The largest absolute Gasteiger partial charge is 0.489 e. The molecule has 0 spiro atoms. The lowest BCUT2D eigenvalue weighted by Crippen LogP contribution is -2.51. The molecule has 1 amide bonds. The molecule has 2 rings (SSSR count). The molecule has 0 aliphatic carbocycles. The van der Waals surface area contributed by atoms with Crippen LogP contribution in [0.4, 0.5) is 4.39 Å². The van der Waals surface area contributed by atoms with E-state index in [0.29, 0.717) is 29.0 Å². The van der Waals surface area contributed by atoms with Gasteiger partial charge in [-0.1, -0.05) is 0 Å². The van der Waals surface area contributed by atoms with Crippen molar-refractivity contribution in [1.82, 2.24) is 5.32 Å². The molecule has 7 heteroatoms. The molecule has 0 saturated carbocycles. The zero-order valence-corrected chi connectivity index (χ0v) is 12.6. The van der Waals surface area contributed by atoms with Crippen molar-refractivity contribution in [2.24, 2.45) is 5.73 Å². The van der Waals surface area contributed by atoms with E-state index in [0.717, 1.165) is 0 Å². The quantitative estimate of drug-likeness (QED) is 0.892. The van der Waals surface area contributed by atoms with E-state index in [1.807, 2.05) is 0 Å². The van der Waals surface area contributed by atoms with Crippen molar-refractivity contribution < 1.29 is 18.7 Å². The first kappa shape index (κ1) is 17.3. The second kappa shape index (κ2) is 6.78. The van der Waals surface area contributed by atoms with Gasteiger partial charge in [0.05, 0.1) is 11.9 Å². The zero-order valence-electron chi connectivity index (χ0n) is 11.8. The molecular weight excluding hydrogens is 299 g/mol. The van der Waals surface area contributed by atoms with Gasteiger partial charge in [0.15, 0.2) is 5.72 Å². The first-order chi connectivity index (χ1) is 9.45. The molecular formula is C14H18ClFN2O3. The third-order valence-electron chi connectivity index (χ3n) is 2.82. The molecule has 1 aliphatic rings. The number of halogens is 2.